The van der Waals surface area contributed by atoms with E-state index in [-0.39, 0.29) is 6.03 Å². The van der Waals surface area contributed by atoms with Crippen LogP contribution in [0.2, 0.25) is 0 Å². The highest BCUT2D eigenvalue weighted by Gasteiger charge is 2.34. The summed E-state index contributed by atoms with van der Waals surface area (Å²) in [6, 6.07) is 2.33. The molecule has 3 aliphatic rings. The van der Waals surface area contributed by atoms with Crippen molar-refractivity contribution in [2.45, 2.75) is 50.2 Å². The van der Waals surface area contributed by atoms with Crippen LogP contribution in [-0.2, 0) is 0 Å². The molecule has 3 saturated heterocycles. The number of likely N-dealkylation sites (tertiary alicyclic amines) is 2. The lowest BCUT2D eigenvalue weighted by Crippen LogP contribution is -2.50. The van der Waals surface area contributed by atoms with Crippen molar-refractivity contribution in [2.75, 3.05) is 40.3 Å². The Kier molecular flexibility index (Phi) is 4.17. The lowest BCUT2D eigenvalue weighted by molar-refractivity contribution is 0.104. The number of rotatable bonds is 1. The molecule has 2 bridgehead atoms. The molecule has 3 rings (SSSR count). The Balaban J connectivity index is 1.52. The Labute approximate surface area is 122 Å². The number of amides is 2. The minimum atomic E-state index is 0.167. The number of fused-ring (bicyclic) bond motifs is 2. The van der Waals surface area contributed by atoms with Gasteiger partial charge in [0.1, 0.15) is 0 Å². The summed E-state index contributed by atoms with van der Waals surface area (Å²) >= 11 is 0. The average Bonchev–Trinajstić information content (AvgIpc) is 2.78. The van der Waals surface area contributed by atoms with Crippen LogP contribution in [0.4, 0.5) is 4.79 Å². The number of urea groups is 1. The summed E-state index contributed by atoms with van der Waals surface area (Å²) in [4.78, 5) is 18.3. The van der Waals surface area contributed by atoms with Gasteiger partial charge in [0.25, 0.3) is 0 Å². The fourth-order valence-electron chi connectivity index (χ4n) is 4.01. The van der Waals surface area contributed by atoms with Crippen molar-refractivity contribution in [2.24, 2.45) is 0 Å². The van der Waals surface area contributed by atoms with Crippen LogP contribution in [0.5, 0.6) is 0 Å². The van der Waals surface area contributed by atoms with Gasteiger partial charge in [0.05, 0.1) is 0 Å². The Morgan fingerprint density at radius 2 is 1.70 bits per heavy atom. The van der Waals surface area contributed by atoms with Gasteiger partial charge >= 0.3 is 6.03 Å². The van der Waals surface area contributed by atoms with E-state index >= 15 is 0 Å². The summed E-state index contributed by atoms with van der Waals surface area (Å²) in [5, 5.41) is 3.75. The van der Waals surface area contributed by atoms with Crippen LogP contribution in [0, 0.1) is 0 Å². The highest BCUT2D eigenvalue weighted by Crippen LogP contribution is 2.25. The van der Waals surface area contributed by atoms with Gasteiger partial charge in [-0.3, -0.25) is 4.90 Å². The van der Waals surface area contributed by atoms with Crippen LogP contribution in [0.25, 0.3) is 0 Å². The summed E-state index contributed by atoms with van der Waals surface area (Å²) in [6.45, 7) is 4.28. The Hall–Kier alpha value is -0.810. The van der Waals surface area contributed by atoms with Crippen LogP contribution in [0.15, 0.2) is 0 Å². The number of hydrogen-bond acceptors (Lipinski definition) is 3. The molecule has 3 fully saturated rings. The second-order valence-corrected chi connectivity index (χ2v) is 6.82. The van der Waals surface area contributed by atoms with E-state index in [1.165, 1.54) is 32.4 Å². The van der Waals surface area contributed by atoms with Crippen LogP contribution in [0.1, 0.15) is 32.1 Å². The summed E-state index contributed by atoms with van der Waals surface area (Å²) in [6.07, 6.45) is 6.29. The first-order chi connectivity index (χ1) is 9.63. The first-order valence-corrected chi connectivity index (χ1v) is 8.10. The van der Waals surface area contributed by atoms with E-state index in [2.05, 4.69) is 10.2 Å². The van der Waals surface area contributed by atoms with Crippen LogP contribution < -0.4 is 5.32 Å². The van der Waals surface area contributed by atoms with Gasteiger partial charge in [0.2, 0.25) is 0 Å². The van der Waals surface area contributed by atoms with Gasteiger partial charge in [-0.15, -0.1) is 0 Å². The van der Waals surface area contributed by atoms with Crippen molar-refractivity contribution < 1.29 is 4.79 Å². The zero-order chi connectivity index (χ0) is 14.1. The summed E-state index contributed by atoms with van der Waals surface area (Å²) in [7, 11) is 3.68. The third kappa shape index (κ3) is 2.93. The maximum atomic E-state index is 12.0. The number of hydrogen-bond donors (Lipinski definition) is 1. The molecule has 3 heterocycles. The molecule has 0 aromatic rings. The molecule has 5 heteroatoms. The molecule has 0 saturated carbocycles. The number of piperidine rings is 1. The molecule has 5 nitrogen and oxygen atoms in total. The molecule has 0 aromatic carbocycles. The van der Waals surface area contributed by atoms with Crippen molar-refractivity contribution in [3.8, 4) is 0 Å². The first kappa shape index (κ1) is 14.1. The topological polar surface area (TPSA) is 38.8 Å². The fraction of sp³-hybridized carbons (Fsp3) is 0.933. The minimum absolute atomic E-state index is 0.167. The lowest BCUT2D eigenvalue weighted by atomic mass is 10.0. The van der Waals surface area contributed by atoms with Crippen molar-refractivity contribution in [3.63, 3.8) is 0 Å². The molecular weight excluding hydrogens is 252 g/mol. The Morgan fingerprint density at radius 1 is 1.00 bits per heavy atom. The van der Waals surface area contributed by atoms with Crippen molar-refractivity contribution in [3.05, 3.63) is 0 Å². The van der Waals surface area contributed by atoms with Crippen molar-refractivity contribution in [1.82, 2.24) is 20.0 Å². The molecule has 2 unspecified atom stereocenters. The van der Waals surface area contributed by atoms with E-state index in [4.69, 9.17) is 0 Å². The highest BCUT2D eigenvalue weighted by molar-refractivity contribution is 5.73. The van der Waals surface area contributed by atoms with Gasteiger partial charge in [-0.05, 0) is 38.6 Å². The summed E-state index contributed by atoms with van der Waals surface area (Å²) in [5.74, 6) is 0. The third-order valence-electron chi connectivity index (χ3n) is 5.19. The predicted molar refractivity (Wildman–Crippen MR) is 79.8 cm³/mol. The Bertz CT molecular complexity index is 352. The van der Waals surface area contributed by atoms with E-state index in [0.717, 1.165) is 32.0 Å². The molecule has 0 radical (unpaired) electrons. The largest absolute Gasteiger partial charge is 0.331 e. The zero-order valence-corrected chi connectivity index (χ0v) is 12.8. The van der Waals surface area contributed by atoms with E-state index in [0.29, 0.717) is 12.1 Å². The molecule has 1 N–H and O–H groups in total. The minimum Gasteiger partial charge on any atom is -0.331 e. The highest BCUT2D eigenvalue weighted by atomic mass is 16.2. The number of nitrogens with one attached hydrogen (secondary N) is 1. The molecular formula is C15H28N4O. The number of carbonyl (C=O) groups excluding carboxylic acids is 1. The summed E-state index contributed by atoms with van der Waals surface area (Å²) in [5.41, 5.74) is 0. The maximum Gasteiger partial charge on any atom is 0.319 e. The van der Waals surface area contributed by atoms with Gasteiger partial charge in [0.15, 0.2) is 0 Å². The Morgan fingerprint density at radius 3 is 2.40 bits per heavy atom. The molecule has 0 aromatic heterocycles. The smallest absolute Gasteiger partial charge is 0.319 e. The van der Waals surface area contributed by atoms with Gasteiger partial charge in [-0.2, -0.15) is 0 Å². The van der Waals surface area contributed by atoms with Crippen molar-refractivity contribution in [1.29, 1.82) is 0 Å². The SMILES string of the molecule is CN(C)C(=O)N1CCC(N2CCC3CCC(C2)N3)CC1. The van der Waals surface area contributed by atoms with Gasteiger partial charge in [-0.25, -0.2) is 4.79 Å². The van der Waals surface area contributed by atoms with Gasteiger partial charge in [0, 0.05) is 51.9 Å². The molecule has 2 atom stereocenters. The molecule has 2 amide bonds. The lowest BCUT2D eigenvalue weighted by Gasteiger charge is -2.39. The molecule has 0 aliphatic carbocycles. The van der Waals surface area contributed by atoms with E-state index < -0.39 is 0 Å². The average molecular weight is 280 g/mol. The normalized spacial score (nSPS) is 32.2. The van der Waals surface area contributed by atoms with Crippen LogP contribution in [0.3, 0.4) is 0 Å². The van der Waals surface area contributed by atoms with E-state index in [1.807, 2.05) is 19.0 Å². The van der Waals surface area contributed by atoms with E-state index in [9.17, 15) is 4.79 Å². The second kappa shape index (κ2) is 5.90. The van der Waals surface area contributed by atoms with Crippen LogP contribution in [-0.4, -0.2) is 79.1 Å². The van der Waals surface area contributed by atoms with Crippen molar-refractivity contribution >= 4 is 6.03 Å². The molecule has 20 heavy (non-hydrogen) atoms. The third-order valence-corrected chi connectivity index (χ3v) is 5.19. The van der Waals surface area contributed by atoms with Gasteiger partial charge in [-0.1, -0.05) is 0 Å². The molecule has 3 aliphatic heterocycles. The monoisotopic (exact) mass is 280 g/mol. The second-order valence-electron chi connectivity index (χ2n) is 6.82. The quantitative estimate of drug-likeness (QED) is 0.777. The summed E-state index contributed by atoms with van der Waals surface area (Å²) < 4.78 is 0. The predicted octanol–water partition coefficient (Wildman–Crippen LogP) is 0.959. The fourth-order valence-corrected chi connectivity index (χ4v) is 4.01. The molecule has 0 spiro atoms. The number of nitrogens with zero attached hydrogens (tertiary/aromatic N) is 3. The molecule has 114 valence electrons. The maximum absolute atomic E-state index is 12.0. The van der Waals surface area contributed by atoms with Gasteiger partial charge < -0.3 is 15.1 Å². The number of carbonyl (C=O) groups is 1. The van der Waals surface area contributed by atoms with Crippen LogP contribution >= 0.6 is 0 Å². The zero-order valence-electron chi connectivity index (χ0n) is 12.8. The van der Waals surface area contributed by atoms with E-state index in [1.54, 1.807) is 4.90 Å². The standard InChI is InChI=1S/C15H28N4O/c1-17(2)15(20)18-9-6-14(7-10-18)19-8-5-12-3-4-13(11-19)16-12/h12-14,16H,3-11H2,1-2H3. The first-order valence-electron chi connectivity index (χ1n) is 8.10.